The van der Waals surface area contributed by atoms with E-state index in [1.54, 1.807) is 7.11 Å². The van der Waals surface area contributed by atoms with E-state index in [1.807, 2.05) is 43.1 Å². The van der Waals surface area contributed by atoms with Crippen molar-refractivity contribution in [3.63, 3.8) is 0 Å². The summed E-state index contributed by atoms with van der Waals surface area (Å²) in [6.45, 7) is 8.84. The Balaban J connectivity index is 1.36. The molecule has 2 fully saturated rings. The highest BCUT2D eigenvalue weighted by Gasteiger charge is 2.80. The molecule has 9 atom stereocenters. The zero-order chi connectivity index (χ0) is 39.5. The van der Waals surface area contributed by atoms with Crippen molar-refractivity contribution in [2.45, 2.75) is 87.1 Å². The Morgan fingerprint density at radius 1 is 1.02 bits per heavy atom. The number of fused-ring (bicyclic) bond motifs is 6. The van der Waals surface area contributed by atoms with Crippen LogP contribution >= 0.6 is 0 Å². The number of aromatic amines is 1. The lowest BCUT2D eigenvalue weighted by Gasteiger charge is -2.63. The molecule has 296 valence electrons. The third-order valence-corrected chi connectivity index (χ3v) is 14.5. The van der Waals surface area contributed by atoms with Gasteiger partial charge in [-0.05, 0) is 49.1 Å². The van der Waals surface area contributed by atoms with Crippen molar-refractivity contribution in [3.05, 3.63) is 82.6 Å². The second-order valence-electron chi connectivity index (χ2n) is 16.8. The molecule has 0 amide bonds. The molecule has 1 saturated carbocycles. The topological polar surface area (TPSA) is 134 Å². The molecule has 6 heterocycles. The van der Waals surface area contributed by atoms with E-state index in [-0.39, 0.29) is 12.0 Å². The van der Waals surface area contributed by atoms with E-state index < -0.39 is 51.8 Å². The maximum Gasteiger partial charge on any atom is 0.344 e. The number of likely N-dealkylation sites (N-methyl/N-ethyl adjacent to an activating group) is 1. The van der Waals surface area contributed by atoms with Crippen molar-refractivity contribution in [1.29, 1.82) is 0 Å². The number of aliphatic hydroxyl groups is 1. The Labute approximate surface area is 327 Å². The Morgan fingerprint density at radius 3 is 2.50 bits per heavy atom. The number of rotatable bonds is 7. The van der Waals surface area contributed by atoms with Crippen molar-refractivity contribution in [3.8, 4) is 5.75 Å². The SMILES string of the molecule is CCC1=CC2(c3cc4c(cc3OC)N(C)C3C(O)(C(=O)OC)C(OC(C)=O)C5(CC)C=CCN6CCC43C65)CN(C1)Cc1c([nH]c3ccccc13)C2C(=O)OC. The van der Waals surface area contributed by atoms with Gasteiger partial charge in [0.2, 0.25) is 5.60 Å². The van der Waals surface area contributed by atoms with Crippen LogP contribution in [0.4, 0.5) is 5.69 Å². The van der Waals surface area contributed by atoms with Crippen LogP contribution in [0.3, 0.4) is 0 Å². The van der Waals surface area contributed by atoms with Gasteiger partial charge in [0.15, 0.2) is 6.10 Å². The molecule has 6 aliphatic rings. The van der Waals surface area contributed by atoms with Crippen molar-refractivity contribution in [1.82, 2.24) is 14.8 Å². The monoisotopic (exact) mass is 764 g/mol. The molecule has 5 aliphatic heterocycles. The smallest absolute Gasteiger partial charge is 0.344 e. The number of H-pyrrole nitrogens is 1. The number of anilines is 1. The van der Waals surface area contributed by atoms with E-state index in [1.165, 1.54) is 26.7 Å². The largest absolute Gasteiger partial charge is 0.496 e. The third kappa shape index (κ3) is 4.49. The van der Waals surface area contributed by atoms with Gasteiger partial charge in [0.25, 0.3) is 0 Å². The van der Waals surface area contributed by atoms with Gasteiger partial charge in [0, 0.05) is 96.4 Å². The molecule has 2 bridgehead atoms. The third-order valence-electron chi connectivity index (χ3n) is 14.5. The molecular weight excluding hydrogens is 713 g/mol. The summed E-state index contributed by atoms with van der Waals surface area (Å²) in [6, 6.07) is 11.3. The molecular formula is C44H52N4O8. The molecule has 12 heteroatoms. The van der Waals surface area contributed by atoms with Crippen LogP contribution in [0.15, 0.2) is 60.2 Å². The van der Waals surface area contributed by atoms with Gasteiger partial charge in [-0.3, -0.25) is 19.4 Å². The highest BCUT2D eigenvalue weighted by atomic mass is 16.6. The van der Waals surface area contributed by atoms with E-state index in [0.717, 1.165) is 51.9 Å². The summed E-state index contributed by atoms with van der Waals surface area (Å²) in [6.07, 6.45) is 7.14. The second kappa shape index (κ2) is 12.7. The van der Waals surface area contributed by atoms with Crippen molar-refractivity contribution < 1.29 is 38.4 Å². The number of aromatic nitrogens is 1. The van der Waals surface area contributed by atoms with Gasteiger partial charge in [-0.25, -0.2) is 4.79 Å². The average molecular weight is 765 g/mol. The van der Waals surface area contributed by atoms with Crippen molar-refractivity contribution in [2.75, 3.05) is 59.5 Å². The minimum atomic E-state index is -2.25. The first-order valence-electron chi connectivity index (χ1n) is 19.9. The van der Waals surface area contributed by atoms with Crippen LogP contribution in [0.2, 0.25) is 0 Å². The Kier molecular flexibility index (Phi) is 8.37. The molecule has 1 saturated heterocycles. The van der Waals surface area contributed by atoms with Gasteiger partial charge in [-0.1, -0.05) is 55.8 Å². The number of esters is 3. The molecule has 0 radical (unpaired) electrons. The standard InChI is InChI=1S/C44H52N4O8/c1-8-26-21-42(24-47(22-26)23-28-27-13-10-11-14-31(27)45-35(28)34(42)36(50)54-6)30-19-29-32(20-33(30)53-5)46(4)38-43(29)16-18-48-17-12-15-41(9-2,37(43)48)39(56-25(3)49)44(38,52)40(51)55-7/h10-15,19-21,34,37-39,45,52H,8-9,16-18,22-24H2,1-7H3. The molecule has 1 spiro atoms. The number of hydrogen-bond donors (Lipinski definition) is 2. The van der Waals surface area contributed by atoms with Crippen LogP contribution in [0, 0.1) is 5.41 Å². The first-order valence-corrected chi connectivity index (χ1v) is 19.9. The van der Waals surface area contributed by atoms with Gasteiger partial charge in [-0.2, -0.15) is 0 Å². The summed E-state index contributed by atoms with van der Waals surface area (Å²) in [5.74, 6) is -1.94. The quantitative estimate of drug-likeness (QED) is 0.201. The summed E-state index contributed by atoms with van der Waals surface area (Å²) in [4.78, 5) is 52.4. The number of methoxy groups -OCH3 is 3. The Hall–Kier alpha value is -4.65. The number of para-hydroxylation sites is 1. The van der Waals surface area contributed by atoms with Gasteiger partial charge in [0.05, 0.1) is 27.4 Å². The average Bonchev–Trinajstić information content (AvgIpc) is 3.83. The van der Waals surface area contributed by atoms with E-state index >= 15 is 0 Å². The Morgan fingerprint density at radius 2 is 1.80 bits per heavy atom. The molecule has 9 unspecified atom stereocenters. The summed E-state index contributed by atoms with van der Waals surface area (Å²) in [5.41, 5.74) is 1.76. The zero-order valence-corrected chi connectivity index (χ0v) is 33.3. The second-order valence-corrected chi connectivity index (χ2v) is 16.8. The minimum Gasteiger partial charge on any atom is -0.496 e. The van der Waals surface area contributed by atoms with Crippen LogP contribution in [0.25, 0.3) is 10.9 Å². The normalized spacial score (nSPS) is 35.1. The predicted molar refractivity (Wildman–Crippen MR) is 210 cm³/mol. The van der Waals surface area contributed by atoms with Crippen LogP contribution in [0.1, 0.15) is 68.3 Å². The summed E-state index contributed by atoms with van der Waals surface area (Å²) in [5, 5.41) is 14.4. The molecule has 2 aromatic carbocycles. The maximum atomic E-state index is 14.6. The van der Waals surface area contributed by atoms with Crippen LogP contribution in [-0.4, -0.2) is 116 Å². The number of carbonyl (C=O) groups excluding carboxylic acids is 3. The lowest BCUT2D eigenvalue weighted by molar-refractivity contribution is -0.228. The molecule has 9 rings (SSSR count). The maximum absolute atomic E-state index is 14.6. The number of benzene rings is 2. The lowest BCUT2D eigenvalue weighted by Crippen LogP contribution is -2.81. The molecule has 2 N–H and O–H groups in total. The first kappa shape index (κ1) is 37.0. The van der Waals surface area contributed by atoms with Gasteiger partial charge in [0.1, 0.15) is 11.7 Å². The molecule has 12 nitrogen and oxygen atoms in total. The van der Waals surface area contributed by atoms with Crippen molar-refractivity contribution in [2.24, 2.45) is 5.41 Å². The predicted octanol–water partition coefficient (Wildman–Crippen LogP) is 4.48. The number of carbonyl (C=O) groups is 3. The Bertz CT molecular complexity index is 2230. The highest BCUT2D eigenvalue weighted by molar-refractivity contribution is 5.91. The van der Waals surface area contributed by atoms with Crippen LogP contribution in [0.5, 0.6) is 5.75 Å². The highest BCUT2D eigenvalue weighted by Crippen LogP contribution is 2.68. The van der Waals surface area contributed by atoms with Gasteiger partial charge < -0.3 is 33.9 Å². The molecule has 56 heavy (non-hydrogen) atoms. The summed E-state index contributed by atoms with van der Waals surface area (Å²) >= 11 is 0. The van der Waals surface area contributed by atoms with Crippen molar-refractivity contribution >= 4 is 34.5 Å². The van der Waals surface area contributed by atoms with Crippen LogP contribution < -0.4 is 9.64 Å². The molecule has 1 aliphatic carbocycles. The fourth-order valence-electron chi connectivity index (χ4n) is 12.7. The summed E-state index contributed by atoms with van der Waals surface area (Å²) < 4.78 is 23.7. The van der Waals surface area contributed by atoms with Crippen LogP contribution in [-0.2, 0) is 46.0 Å². The van der Waals surface area contributed by atoms with E-state index in [4.69, 9.17) is 18.9 Å². The lowest BCUT2D eigenvalue weighted by atomic mass is 9.47. The molecule has 3 aromatic rings. The minimum absolute atomic E-state index is 0.248. The van der Waals surface area contributed by atoms with Gasteiger partial charge in [-0.15, -0.1) is 0 Å². The van der Waals surface area contributed by atoms with E-state index in [9.17, 15) is 19.5 Å². The number of ether oxygens (including phenoxy) is 4. The number of nitrogens with zero attached hydrogens (tertiary/aromatic N) is 3. The first-order chi connectivity index (χ1) is 26.9. The number of nitrogens with one attached hydrogen (secondary N) is 1. The van der Waals surface area contributed by atoms with E-state index in [2.05, 4.69) is 52.1 Å². The molecule has 1 aromatic heterocycles. The van der Waals surface area contributed by atoms with E-state index in [0.29, 0.717) is 44.8 Å². The fraction of sp³-hybridized carbons (Fsp3) is 0.523. The fourth-order valence-corrected chi connectivity index (χ4v) is 12.7. The summed E-state index contributed by atoms with van der Waals surface area (Å²) in [7, 11) is 6.27. The number of hydrogen-bond acceptors (Lipinski definition) is 11. The zero-order valence-electron chi connectivity index (χ0n) is 33.3. The van der Waals surface area contributed by atoms with Gasteiger partial charge >= 0.3 is 17.9 Å².